The minimum absolute atomic E-state index is 0.468. The molecule has 0 saturated heterocycles. The van der Waals surface area contributed by atoms with Crippen molar-refractivity contribution >= 4 is 23.5 Å². The molecule has 2 N–H and O–H groups in total. The van der Waals surface area contributed by atoms with Crippen LogP contribution in [0.1, 0.15) is 0 Å². The Hall–Kier alpha value is -2.11. The van der Waals surface area contributed by atoms with Gasteiger partial charge in [0.2, 0.25) is 0 Å². The van der Waals surface area contributed by atoms with Gasteiger partial charge < -0.3 is 10.0 Å². The molecule has 0 bridgehead atoms. The zero-order valence-electron chi connectivity index (χ0n) is 9.56. The van der Waals surface area contributed by atoms with Gasteiger partial charge in [0.1, 0.15) is 0 Å². The number of hydrogen-bond donors (Lipinski definition) is 2. The van der Waals surface area contributed by atoms with Gasteiger partial charge in [-0.25, -0.2) is 4.68 Å². The van der Waals surface area contributed by atoms with Crippen molar-refractivity contribution in [1.82, 2.24) is 9.78 Å². The minimum Gasteiger partial charge on any atom is -0.423 e. The number of rotatable bonds is 2. The SMILES string of the molecule is OB(O)c1ccc2c(cnn2-c2ccccc2)c1. The third-order valence-corrected chi connectivity index (χ3v) is 2.89. The fourth-order valence-electron chi connectivity index (χ4n) is 1.99. The molecule has 0 aliphatic carbocycles. The van der Waals surface area contributed by atoms with E-state index >= 15 is 0 Å². The molecular formula is C13H11BN2O2. The van der Waals surface area contributed by atoms with E-state index in [1.165, 1.54) is 0 Å². The topological polar surface area (TPSA) is 58.3 Å². The Labute approximate surface area is 104 Å². The molecule has 0 aliphatic heterocycles. The van der Waals surface area contributed by atoms with Crippen molar-refractivity contribution in [1.29, 1.82) is 0 Å². The van der Waals surface area contributed by atoms with Crippen molar-refractivity contribution in [2.75, 3.05) is 0 Å². The molecule has 18 heavy (non-hydrogen) atoms. The third kappa shape index (κ3) is 1.79. The Kier molecular flexibility index (Phi) is 2.62. The zero-order chi connectivity index (χ0) is 12.5. The van der Waals surface area contributed by atoms with Crippen molar-refractivity contribution in [3.63, 3.8) is 0 Å². The molecule has 0 amide bonds. The maximum absolute atomic E-state index is 9.14. The summed E-state index contributed by atoms with van der Waals surface area (Å²) in [6.45, 7) is 0. The van der Waals surface area contributed by atoms with Gasteiger partial charge in [-0.2, -0.15) is 5.10 Å². The third-order valence-electron chi connectivity index (χ3n) is 2.89. The lowest BCUT2D eigenvalue weighted by Crippen LogP contribution is -2.29. The molecule has 0 atom stereocenters. The van der Waals surface area contributed by atoms with E-state index in [1.807, 2.05) is 41.1 Å². The quantitative estimate of drug-likeness (QED) is 0.646. The summed E-state index contributed by atoms with van der Waals surface area (Å²) < 4.78 is 1.82. The van der Waals surface area contributed by atoms with E-state index in [1.54, 1.807) is 18.3 Å². The summed E-state index contributed by atoms with van der Waals surface area (Å²) in [5.41, 5.74) is 2.38. The van der Waals surface area contributed by atoms with Gasteiger partial charge >= 0.3 is 7.12 Å². The number of fused-ring (bicyclic) bond motifs is 1. The van der Waals surface area contributed by atoms with Gasteiger partial charge in [-0.1, -0.05) is 30.3 Å². The fraction of sp³-hybridized carbons (Fsp3) is 0. The number of hydrogen-bond acceptors (Lipinski definition) is 3. The molecule has 1 aromatic heterocycles. The summed E-state index contributed by atoms with van der Waals surface area (Å²) in [4.78, 5) is 0. The summed E-state index contributed by atoms with van der Waals surface area (Å²) in [6, 6.07) is 15.1. The lowest BCUT2D eigenvalue weighted by molar-refractivity contribution is 0.426. The largest absolute Gasteiger partial charge is 0.488 e. The highest BCUT2D eigenvalue weighted by molar-refractivity contribution is 6.58. The van der Waals surface area contributed by atoms with Gasteiger partial charge in [0.25, 0.3) is 0 Å². The second-order valence-electron chi connectivity index (χ2n) is 4.08. The summed E-state index contributed by atoms with van der Waals surface area (Å²) in [5.74, 6) is 0. The molecule has 2 aromatic carbocycles. The molecule has 3 rings (SSSR count). The number of para-hydroxylation sites is 1. The highest BCUT2D eigenvalue weighted by Gasteiger charge is 2.12. The van der Waals surface area contributed by atoms with Crippen LogP contribution >= 0.6 is 0 Å². The monoisotopic (exact) mass is 238 g/mol. The average molecular weight is 238 g/mol. The lowest BCUT2D eigenvalue weighted by Gasteiger charge is -2.04. The highest BCUT2D eigenvalue weighted by Crippen LogP contribution is 2.16. The molecule has 88 valence electrons. The van der Waals surface area contributed by atoms with Crippen molar-refractivity contribution in [3.8, 4) is 5.69 Å². The summed E-state index contributed by atoms with van der Waals surface area (Å²) in [6.07, 6.45) is 1.72. The van der Waals surface area contributed by atoms with Crippen LogP contribution in [0.2, 0.25) is 0 Å². The van der Waals surface area contributed by atoms with E-state index in [0.29, 0.717) is 5.46 Å². The van der Waals surface area contributed by atoms with Crippen LogP contribution < -0.4 is 5.46 Å². The van der Waals surface area contributed by atoms with Crippen LogP contribution in [0.15, 0.2) is 54.7 Å². The maximum atomic E-state index is 9.14. The molecule has 0 aliphatic rings. The van der Waals surface area contributed by atoms with Gasteiger partial charge in [-0.3, -0.25) is 0 Å². The van der Waals surface area contributed by atoms with E-state index in [2.05, 4.69) is 5.10 Å². The Morgan fingerprint density at radius 3 is 2.50 bits per heavy atom. The number of nitrogens with zero attached hydrogens (tertiary/aromatic N) is 2. The molecular weight excluding hydrogens is 227 g/mol. The first-order chi connectivity index (χ1) is 8.75. The molecule has 5 heteroatoms. The average Bonchev–Trinajstić information content (AvgIpc) is 2.82. The van der Waals surface area contributed by atoms with Crippen LogP contribution in [0.4, 0.5) is 0 Å². The smallest absolute Gasteiger partial charge is 0.423 e. The van der Waals surface area contributed by atoms with Crippen LogP contribution in [0.3, 0.4) is 0 Å². The fourth-order valence-corrected chi connectivity index (χ4v) is 1.99. The number of benzene rings is 2. The van der Waals surface area contributed by atoms with E-state index in [9.17, 15) is 0 Å². The van der Waals surface area contributed by atoms with Crippen LogP contribution in [0, 0.1) is 0 Å². The second kappa shape index (κ2) is 4.29. The molecule has 1 heterocycles. The van der Waals surface area contributed by atoms with Gasteiger partial charge in [0.15, 0.2) is 0 Å². The Morgan fingerprint density at radius 1 is 1.00 bits per heavy atom. The minimum atomic E-state index is -1.45. The van der Waals surface area contributed by atoms with Gasteiger partial charge in [0, 0.05) is 5.39 Å². The second-order valence-corrected chi connectivity index (χ2v) is 4.08. The standard InChI is InChI=1S/C13H11BN2O2/c17-14(18)11-6-7-13-10(8-11)9-15-16(13)12-4-2-1-3-5-12/h1-9,17-18H. The predicted octanol–water partition coefficient (Wildman–Crippen LogP) is 0.705. The lowest BCUT2D eigenvalue weighted by atomic mass is 9.80. The van der Waals surface area contributed by atoms with Gasteiger partial charge in [-0.15, -0.1) is 0 Å². The molecule has 0 saturated carbocycles. The van der Waals surface area contributed by atoms with Crippen molar-refractivity contribution in [2.45, 2.75) is 0 Å². The van der Waals surface area contributed by atoms with Crippen molar-refractivity contribution < 1.29 is 10.0 Å². The van der Waals surface area contributed by atoms with E-state index in [4.69, 9.17) is 10.0 Å². The van der Waals surface area contributed by atoms with E-state index < -0.39 is 7.12 Å². The first-order valence-electron chi connectivity index (χ1n) is 5.65. The number of aromatic nitrogens is 2. The van der Waals surface area contributed by atoms with Crippen molar-refractivity contribution in [3.05, 3.63) is 54.7 Å². The maximum Gasteiger partial charge on any atom is 0.488 e. The molecule has 0 radical (unpaired) electrons. The van der Waals surface area contributed by atoms with E-state index in [-0.39, 0.29) is 0 Å². The van der Waals surface area contributed by atoms with Crippen molar-refractivity contribution in [2.24, 2.45) is 0 Å². The molecule has 0 spiro atoms. The Morgan fingerprint density at radius 2 is 1.78 bits per heavy atom. The first kappa shape index (κ1) is 11.0. The van der Waals surface area contributed by atoms with Crippen LogP contribution in [-0.2, 0) is 0 Å². The van der Waals surface area contributed by atoms with Gasteiger partial charge in [0.05, 0.1) is 17.4 Å². The summed E-state index contributed by atoms with van der Waals surface area (Å²) in [7, 11) is -1.45. The highest BCUT2D eigenvalue weighted by atomic mass is 16.4. The zero-order valence-corrected chi connectivity index (χ0v) is 9.56. The molecule has 0 unspecified atom stereocenters. The Bertz CT molecular complexity index is 680. The normalized spacial score (nSPS) is 10.8. The molecule has 0 fully saturated rings. The predicted molar refractivity (Wildman–Crippen MR) is 70.9 cm³/mol. The Balaban J connectivity index is 2.16. The first-order valence-corrected chi connectivity index (χ1v) is 5.65. The summed E-state index contributed by atoms with van der Waals surface area (Å²) in [5, 5.41) is 23.5. The molecule has 4 nitrogen and oxygen atoms in total. The van der Waals surface area contributed by atoms with Crippen LogP contribution in [-0.4, -0.2) is 26.9 Å². The van der Waals surface area contributed by atoms with Crippen LogP contribution in [0.25, 0.3) is 16.6 Å². The molecule has 3 aromatic rings. The summed E-state index contributed by atoms with van der Waals surface area (Å²) >= 11 is 0. The van der Waals surface area contributed by atoms with Crippen LogP contribution in [0.5, 0.6) is 0 Å². The van der Waals surface area contributed by atoms with Gasteiger partial charge in [-0.05, 0) is 23.7 Å². The van der Waals surface area contributed by atoms with E-state index in [0.717, 1.165) is 16.6 Å².